The second-order valence-electron chi connectivity index (χ2n) is 10.9. The predicted molar refractivity (Wildman–Crippen MR) is 160 cm³/mol. The van der Waals surface area contributed by atoms with Crippen molar-refractivity contribution in [2.45, 2.75) is 72.1 Å². The molecular formula is C32H43N3O7. The molecule has 0 radical (unpaired) electrons. The summed E-state index contributed by atoms with van der Waals surface area (Å²) in [4.78, 5) is 54.2. The number of aryl methyl sites for hydroxylation is 2. The number of hydrogen-bond acceptors (Lipinski definition) is 7. The fraction of sp³-hybridized carbons (Fsp3) is 0.438. The van der Waals surface area contributed by atoms with E-state index in [0.717, 1.165) is 11.1 Å². The van der Waals surface area contributed by atoms with Crippen molar-refractivity contribution >= 4 is 23.9 Å². The molecule has 42 heavy (non-hydrogen) atoms. The number of alkyl carbamates (subject to hydrolysis) is 1. The van der Waals surface area contributed by atoms with Crippen molar-refractivity contribution in [1.82, 2.24) is 15.5 Å². The second kappa shape index (κ2) is 15.6. The minimum atomic E-state index is -1.12. The van der Waals surface area contributed by atoms with Gasteiger partial charge >= 0.3 is 12.1 Å². The van der Waals surface area contributed by atoms with Gasteiger partial charge in [-0.25, -0.2) is 4.79 Å². The van der Waals surface area contributed by atoms with Gasteiger partial charge in [0, 0.05) is 19.5 Å². The number of phenolic OH excluding ortho intramolecular Hbond substituents is 1. The lowest BCUT2D eigenvalue weighted by Gasteiger charge is -2.35. The van der Waals surface area contributed by atoms with Crippen LogP contribution in [-0.4, -0.2) is 65.2 Å². The molecule has 2 aromatic rings. The Labute approximate surface area is 248 Å². The minimum Gasteiger partial charge on any atom is -0.508 e. The third kappa shape index (κ3) is 10.2. The summed E-state index contributed by atoms with van der Waals surface area (Å²) in [7, 11) is 0. The van der Waals surface area contributed by atoms with Crippen LogP contribution < -0.4 is 10.6 Å². The van der Waals surface area contributed by atoms with E-state index in [1.165, 1.54) is 23.1 Å². The Bertz CT molecular complexity index is 1230. The number of carbonyl (C=O) groups excluding carboxylic acids is 4. The third-order valence-electron chi connectivity index (χ3n) is 6.28. The molecule has 10 heteroatoms. The summed E-state index contributed by atoms with van der Waals surface area (Å²) in [5, 5.41) is 15.2. The van der Waals surface area contributed by atoms with Crippen LogP contribution in [0.25, 0.3) is 0 Å². The fourth-order valence-corrected chi connectivity index (χ4v) is 4.48. The topological polar surface area (TPSA) is 134 Å². The second-order valence-corrected chi connectivity index (χ2v) is 10.9. The molecule has 2 atom stereocenters. The maximum Gasteiger partial charge on any atom is 0.408 e. The van der Waals surface area contributed by atoms with Crippen molar-refractivity contribution in [2.24, 2.45) is 0 Å². The largest absolute Gasteiger partial charge is 0.508 e. The zero-order valence-electron chi connectivity index (χ0n) is 25.4. The Morgan fingerprint density at radius 3 is 2.21 bits per heavy atom. The average molecular weight is 582 g/mol. The first-order chi connectivity index (χ1) is 19.8. The summed E-state index contributed by atoms with van der Waals surface area (Å²) in [6, 6.07) is 9.62. The van der Waals surface area contributed by atoms with Crippen LogP contribution in [0.3, 0.4) is 0 Å². The van der Waals surface area contributed by atoms with E-state index in [4.69, 9.17) is 9.47 Å². The van der Waals surface area contributed by atoms with Crippen LogP contribution in [-0.2, 0) is 30.3 Å². The van der Waals surface area contributed by atoms with E-state index < -0.39 is 41.6 Å². The Balaban J connectivity index is 2.54. The number of nitrogens with zero attached hydrogens (tertiary/aromatic N) is 1. The normalized spacial score (nSPS) is 12.4. The maximum atomic E-state index is 14.3. The smallest absolute Gasteiger partial charge is 0.408 e. The van der Waals surface area contributed by atoms with Gasteiger partial charge in [0.05, 0.1) is 13.0 Å². The van der Waals surface area contributed by atoms with Gasteiger partial charge < -0.3 is 30.1 Å². The Morgan fingerprint density at radius 1 is 1.05 bits per heavy atom. The third-order valence-corrected chi connectivity index (χ3v) is 6.28. The summed E-state index contributed by atoms with van der Waals surface area (Å²) in [6.45, 7) is 14.6. The molecule has 0 bridgehead atoms. The quantitative estimate of drug-likeness (QED) is 0.238. The molecule has 0 heterocycles. The summed E-state index contributed by atoms with van der Waals surface area (Å²) < 4.78 is 10.4. The van der Waals surface area contributed by atoms with Crippen LogP contribution >= 0.6 is 0 Å². The molecular weight excluding hydrogens is 538 g/mol. The summed E-state index contributed by atoms with van der Waals surface area (Å²) in [6.07, 6.45) is 0.754. The van der Waals surface area contributed by atoms with Gasteiger partial charge in [0.25, 0.3) is 0 Å². The summed E-state index contributed by atoms with van der Waals surface area (Å²) in [5.74, 6) is -1.42. The van der Waals surface area contributed by atoms with E-state index in [0.29, 0.717) is 11.1 Å². The first-order valence-corrected chi connectivity index (χ1v) is 14.0. The molecule has 2 rings (SSSR count). The molecule has 0 aliphatic rings. The molecule has 2 unspecified atom stereocenters. The standard InChI is InChI=1S/C32H43N3O7/c1-8-19-35(28(27-21(3)11-10-12-22(27)4)29(38)33-18-17-26(37)41-9-2)30(39)25(34-31(40)42-32(5,6)7)20-23-13-15-24(36)16-14-23/h8,10-16,25,28,36H,1,9,17-20H2,2-7H3,(H,33,38)(H,34,40). The molecule has 0 saturated heterocycles. The highest BCUT2D eigenvalue weighted by Gasteiger charge is 2.37. The van der Waals surface area contributed by atoms with Crippen LogP contribution in [0, 0.1) is 13.8 Å². The Morgan fingerprint density at radius 2 is 1.67 bits per heavy atom. The molecule has 3 amide bonds. The van der Waals surface area contributed by atoms with Gasteiger partial charge in [-0.2, -0.15) is 0 Å². The predicted octanol–water partition coefficient (Wildman–Crippen LogP) is 4.27. The highest BCUT2D eigenvalue weighted by Crippen LogP contribution is 2.29. The van der Waals surface area contributed by atoms with E-state index >= 15 is 0 Å². The molecule has 0 spiro atoms. The summed E-state index contributed by atoms with van der Waals surface area (Å²) >= 11 is 0. The number of benzene rings is 2. The lowest BCUT2D eigenvalue weighted by atomic mass is 9.93. The van der Waals surface area contributed by atoms with Gasteiger partial charge in [0.15, 0.2) is 0 Å². The average Bonchev–Trinajstić information content (AvgIpc) is 2.89. The number of carbonyl (C=O) groups is 4. The van der Waals surface area contributed by atoms with Crippen molar-refractivity contribution in [3.05, 3.63) is 77.4 Å². The number of amides is 3. The van der Waals surface area contributed by atoms with E-state index in [2.05, 4.69) is 17.2 Å². The monoisotopic (exact) mass is 581 g/mol. The first-order valence-electron chi connectivity index (χ1n) is 14.0. The number of hydrogen-bond donors (Lipinski definition) is 3. The highest BCUT2D eigenvalue weighted by atomic mass is 16.6. The fourth-order valence-electron chi connectivity index (χ4n) is 4.48. The molecule has 0 aliphatic heterocycles. The molecule has 0 saturated carbocycles. The molecule has 0 fully saturated rings. The van der Waals surface area contributed by atoms with Crippen LogP contribution in [0.4, 0.5) is 4.79 Å². The Kier molecular flexibility index (Phi) is 12.6. The van der Waals surface area contributed by atoms with E-state index in [1.54, 1.807) is 39.8 Å². The molecule has 3 N–H and O–H groups in total. The molecule has 0 aliphatic carbocycles. The van der Waals surface area contributed by atoms with Gasteiger partial charge in [-0.1, -0.05) is 36.4 Å². The van der Waals surface area contributed by atoms with E-state index in [9.17, 15) is 24.3 Å². The molecule has 10 nitrogen and oxygen atoms in total. The molecule has 0 aromatic heterocycles. The van der Waals surface area contributed by atoms with Crippen LogP contribution in [0.5, 0.6) is 5.75 Å². The number of phenols is 1. The van der Waals surface area contributed by atoms with Crippen molar-refractivity contribution in [2.75, 3.05) is 19.7 Å². The Hall–Kier alpha value is -4.34. The zero-order chi connectivity index (χ0) is 31.4. The van der Waals surface area contributed by atoms with Gasteiger partial charge in [-0.05, 0) is 75.9 Å². The number of rotatable bonds is 13. The van der Waals surface area contributed by atoms with Crippen molar-refractivity contribution in [3.8, 4) is 5.75 Å². The zero-order valence-corrected chi connectivity index (χ0v) is 25.4. The summed E-state index contributed by atoms with van der Waals surface area (Å²) in [5.41, 5.74) is 2.07. The van der Waals surface area contributed by atoms with E-state index in [-0.39, 0.29) is 38.3 Å². The lowest BCUT2D eigenvalue weighted by molar-refractivity contribution is -0.144. The van der Waals surface area contributed by atoms with Crippen molar-refractivity contribution in [3.63, 3.8) is 0 Å². The first kappa shape index (κ1) is 33.9. The van der Waals surface area contributed by atoms with Crippen molar-refractivity contribution < 1.29 is 33.8 Å². The van der Waals surface area contributed by atoms with Crippen LogP contribution in [0.1, 0.15) is 62.4 Å². The maximum absolute atomic E-state index is 14.3. The van der Waals surface area contributed by atoms with Crippen molar-refractivity contribution in [1.29, 1.82) is 0 Å². The van der Waals surface area contributed by atoms with Gasteiger partial charge in [0.2, 0.25) is 11.8 Å². The molecule has 228 valence electrons. The van der Waals surface area contributed by atoms with Crippen LogP contribution in [0.2, 0.25) is 0 Å². The number of aromatic hydroxyl groups is 1. The van der Waals surface area contributed by atoms with Crippen LogP contribution in [0.15, 0.2) is 55.1 Å². The van der Waals surface area contributed by atoms with Gasteiger partial charge in [0.1, 0.15) is 23.4 Å². The number of esters is 1. The lowest BCUT2D eigenvalue weighted by Crippen LogP contribution is -2.54. The SMILES string of the molecule is C=CCN(C(=O)C(Cc1ccc(O)cc1)NC(=O)OC(C)(C)C)C(C(=O)NCCC(=O)OCC)c1c(C)cccc1C. The number of nitrogens with one attached hydrogen (secondary N) is 2. The van der Waals surface area contributed by atoms with E-state index in [1.807, 2.05) is 32.0 Å². The van der Waals surface area contributed by atoms with Gasteiger partial charge in [-0.3, -0.25) is 14.4 Å². The van der Waals surface area contributed by atoms with Gasteiger partial charge in [-0.15, -0.1) is 6.58 Å². The molecule has 2 aromatic carbocycles. The number of ether oxygens (including phenoxy) is 2. The minimum absolute atomic E-state index is 0.00928. The highest BCUT2D eigenvalue weighted by molar-refractivity contribution is 5.93.